The molecule has 0 spiro atoms. The van der Waals surface area contributed by atoms with Crippen LogP contribution in [0.2, 0.25) is 0 Å². The molecular formula is C23H31N5O2. The second kappa shape index (κ2) is 9.80. The zero-order chi connectivity index (χ0) is 20.8. The summed E-state index contributed by atoms with van der Waals surface area (Å²) < 4.78 is 5.59. The van der Waals surface area contributed by atoms with Gasteiger partial charge in [-0.15, -0.1) is 0 Å². The van der Waals surface area contributed by atoms with Crippen molar-refractivity contribution >= 4 is 17.5 Å². The van der Waals surface area contributed by atoms with Gasteiger partial charge in [-0.1, -0.05) is 18.2 Å². The Labute approximate surface area is 178 Å². The monoisotopic (exact) mass is 409 g/mol. The van der Waals surface area contributed by atoms with Crippen molar-refractivity contribution < 1.29 is 9.53 Å². The first-order valence-electron chi connectivity index (χ1n) is 10.9. The van der Waals surface area contributed by atoms with E-state index >= 15 is 0 Å². The first-order valence-corrected chi connectivity index (χ1v) is 10.9. The number of methoxy groups -OCH3 is 1. The third kappa shape index (κ3) is 4.67. The van der Waals surface area contributed by atoms with E-state index in [2.05, 4.69) is 31.5 Å². The Morgan fingerprint density at radius 3 is 2.57 bits per heavy atom. The fourth-order valence-corrected chi connectivity index (χ4v) is 4.46. The lowest BCUT2D eigenvalue weighted by Crippen LogP contribution is -2.39. The number of ether oxygens (including phenoxy) is 1. The van der Waals surface area contributed by atoms with Gasteiger partial charge in [0.15, 0.2) is 5.82 Å². The van der Waals surface area contributed by atoms with Gasteiger partial charge in [0.25, 0.3) is 0 Å². The van der Waals surface area contributed by atoms with Crippen LogP contribution in [0.25, 0.3) is 0 Å². The van der Waals surface area contributed by atoms with Gasteiger partial charge in [0.1, 0.15) is 5.75 Å². The fraction of sp³-hybridized carbons (Fsp3) is 0.478. The van der Waals surface area contributed by atoms with Gasteiger partial charge in [0.05, 0.1) is 18.8 Å². The third-order valence-electron chi connectivity index (χ3n) is 5.98. The number of carbonyl (C=O) groups excluding carboxylic acids is 1. The highest BCUT2D eigenvalue weighted by Gasteiger charge is 2.26. The van der Waals surface area contributed by atoms with Crippen LogP contribution in [-0.2, 0) is 0 Å². The van der Waals surface area contributed by atoms with Gasteiger partial charge < -0.3 is 20.3 Å². The van der Waals surface area contributed by atoms with Gasteiger partial charge in [-0.05, 0) is 57.0 Å². The molecule has 0 saturated carbocycles. The van der Waals surface area contributed by atoms with E-state index in [0.29, 0.717) is 6.54 Å². The number of benzene rings is 1. The van der Waals surface area contributed by atoms with Crippen molar-refractivity contribution in [1.82, 2.24) is 15.2 Å². The van der Waals surface area contributed by atoms with Crippen LogP contribution in [0, 0.1) is 0 Å². The van der Waals surface area contributed by atoms with E-state index < -0.39 is 0 Å². The van der Waals surface area contributed by atoms with Crippen molar-refractivity contribution in [3.8, 4) is 5.75 Å². The standard InChI is InChI=1S/C23H31N5O2/c1-30-21-11-3-2-9-18(21)20(27-13-4-5-14-27)17-25-23(29)26-19-10-8-12-24-22(19)28-15-6-7-16-28/h2-3,8-12,20H,4-7,13-17H2,1H3,(H2,25,26,29). The number of carbonyl (C=O) groups is 1. The molecule has 2 N–H and O–H groups in total. The average molecular weight is 410 g/mol. The highest BCUT2D eigenvalue weighted by atomic mass is 16.5. The van der Waals surface area contributed by atoms with Gasteiger partial charge in [0.2, 0.25) is 0 Å². The van der Waals surface area contributed by atoms with E-state index in [0.717, 1.165) is 49.0 Å². The molecule has 1 aromatic carbocycles. The first-order chi connectivity index (χ1) is 14.8. The lowest BCUT2D eigenvalue weighted by Gasteiger charge is -2.29. The maximum absolute atomic E-state index is 12.8. The van der Waals surface area contributed by atoms with Gasteiger partial charge in [-0.3, -0.25) is 4.90 Å². The van der Waals surface area contributed by atoms with E-state index in [1.807, 2.05) is 30.3 Å². The maximum atomic E-state index is 12.8. The lowest BCUT2D eigenvalue weighted by atomic mass is 10.0. The van der Waals surface area contributed by atoms with Crippen LogP contribution in [0.5, 0.6) is 5.75 Å². The number of likely N-dealkylation sites (tertiary alicyclic amines) is 1. The second-order valence-electron chi connectivity index (χ2n) is 7.90. The molecule has 3 heterocycles. The average Bonchev–Trinajstić information content (AvgIpc) is 3.49. The summed E-state index contributed by atoms with van der Waals surface area (Å²) in [4.78, 5) is 21.9. The topological polar surface area (TPSA) is 69.7 Å². The Bertz CT molecular complexity index is 847. The predicted molar refractivity (Wildman–Crippen MR) is 119 cm³/mol. The molecule has 0 radical (unpaired) electrons. The molecular weight excluding hydrogens is 378 g/mol. The minimum atomic E-state index is -0.206. The Balaban J connectivity index is 1.44. The number of aromatic nitrogens is 1. The zero-order valence-corrected chi connectivity index (χ0v) is 17.6. The minimum absolute atomic E-state index is 0.0846. The quantitative estimate of drug-likeness (QED) is 0.731. The molecule has 2 amide bonds. The Morgan fingerprint density at radius 2 is 1.80 bits per heavy atom. The molecule has 1 unspecified atom stereocenters. The summed E-state index contributed by atoms with van der Waals surface area (Å²) in [6.07, 6.45) is 6.48. The molecule has 160 valence electrons. The summed E-state index contributed by atoms with van der Waals surface area (Å²) >= 11 is 0. The molecule has 2 saturated heterocycles. The van der Waals surface area contributed by atoms with Crippen LogP contribution in [0.4, 0.5) is 16.3 Å². The van der Waals surface area contributed by atoms with Gasteiger partial charge in [-0.25, -0.2) is 9.78 Å². The summed E-state index contributed by atoms with van der Waals surface area (Å²) in [5.41, 5.74) is 1.87. The Morgan fingerprint density at radius 1 is 1.07 bits per heavy atom. The van der Waals surface area contributed by atoms with Crippen molar-refractivity contribution in [1.29, 1.82) is 0 Å². The van der Waals surface area contributed by atoms with Crippen LogP contribution in [-0.4, -0.2) is 55.7 Å². The van der Waals surface area contributed by atoms with Crippen molar-refractivity contribution in [2.24, 2.45) is 0 Å². The summed E-state index contributed by atoms with van der Waals surface area (Å²) in [7, 11) is 1.70. The molecule has 30 heavy (non-hydrogen) atoms. The molecule has 0 bridgehead atoms. The van der Waals surface area contributed by atoms with Crippen LogP contribution < -0.4 is 20.3 Å². The molecule has 1 aromatic heterocycles. The highest BCUT2D eigenvalue weighted by Crippen LogP contribution is 2.31. The van der Waals surface area contributed by atoms with E-state index in [4.69, 9.17) is 4.74 Å². The molecule has 4 rings (SSSR count). The van der Waals surface area contributed by atoms with Crippen molar-refractivity contribution in [3.05, 3.63) is 48.2 Å². The molecule has 2 aliphatic heterocycles. The van der Waals surface area contributed by atoms with Crippen molar-refractivity contribution in [3.63, 3.8) is 0 Å². The molecule has 7 nitrogen and oxygen atoms in total. The van der Waals surface area contributed by atoms with Crippen LogP contribution in [0.1, 0.15) is 37.3 Å². The van der Waals surface area contributed by atoms with E-state index in [9.17, 15) is 4.79 Å². The molecule has 7 heteroatoms. The number of anilines is 2. The third-order valence-corrected chi connectivity index (χ3v) is 5.98. The summed E-state index contributed by atoms with van der Waals surface area (Å²) in [5, 5.41) is 6.09. The number of nitrogens with zero attached hydrogens (tertiary/aromatic N) is 3. The highest BCUT2D eigenvalue weighted by molar-refractivity contribution is 5.92. The van der Waals surface area contributed by atoms with Gasteiger partial charge in [0, 0.05) is 31.4 Å². The smallest absolute Gasteiger partial charge is 0.319 e. The molecule has 2 aromatic rings. The summed E-state index contributed by atoms with van der Waals surface area (Å²) in [5.74, 6) is 1.71. The molecule has 1 atom stereocenters. The maximum Gasteiger partial charge on any atom is 0.319 e. The summed E-state index contributed by atoms with van der Waals surface area (Å²) in [6.45, 7) is 4.56. The molecule has 2 fully saturated rings. The number of rotatable bonds is 7. The number of urea groups is 1. The van der Waals surface area contributed by atoms with Crippen molar-refractivity contribution in [2.45, 2.75) is 31.7 Å². The lowest BCUT2D eigenvalue weighted by molar-refractivity contribution is 0.224. The van der Waals surface area contributed by atoms with Crippen molar-refractivity contribution in [2.75, 3.05) is 50.1 Å². The molecule has 0 aliphatic carbocycles. The zero-order valence-electron chi connectivity index (χ0n) is 17.6. The van der Waals surface area contributed by atoms with E-state index in [1.54, 1.807) is 13.3 Å². The summed E-state index contributed by atoms with van der Waals surface area (Å²) in [6, 6.07) is 11.7. The van der Waals surface area contributed by atoms with E-state index in [-0.39, 0.29) is 12.1 Å². The number of pyridine rings is 1. The van der Waals surface area contributed by atoms with Crippen LogP contribution >= 0.6 is 0 Å². The van der Waals surface area contributed by atoms with Gasteiger partial charge >= 0.3 is 6.03 Å². The largest absolute Gasteiger partial charge is 0.496 e. The fourth-order valence-electron chi connectivity index (χ4n) is 4.46. The number of hydrogen-bond donors (Lipinski definition) is 2. The Kier molecular flexibility index (Phi) is 6.69. The van der Waals surface area contributed by atoms with Crippen LogP contribution in [0.15, 0.2) is 42.6 Å². The van der Waals surface area contributed by atoms with E-state index in [1.165, 1.54) is 25.7 Å². The number of hydrogen-bond acceptors (Lipinski definition) is 5. The minimum Gasteiger partial charge on any atom is -0.496 e. The Hall–Kier alpha value is -2.80. The number of amides is 2. The number of para-hydroxylation sites is 1. The number of nitrogens with one attached hydrogen (secondary N) is 2. The SMILES string of the molecule is COc1ccccc1C(CNC(=O)Nc1cccnc1N1CCCC1)N1CCCC1. The predicted octanol–water partition coefficient (Wildman–Crippen LogP) is 3.65. The van der Waals surface area contributed by atoms with Gasteiger partial charge in [-0.2, -0.15) is 0 Å². The normalized spacial score (nSPS) is 17.7. The molecule has 2 aliphatic rings. The van der Waals surface area contributed by atoms with Crippen LogP contribution in [0.3, 0.4) is 0 Å². The second-order valence-corrected chi connectivity index (χ2v) is 7.90. The first kappa shape index (κ1) is 20.5.